The maximum absolute atomic E-state index is 13.0. The van der Waals surface area contributed by atoms with Crippen LogP contribution >= 0.6 is 15.9 Å². The van der Waals surface area contributed by atoms with Crippen LogP contribution in [0.3, 0.4) is 0 Å². The Bertz CT molecular complexity index is 350. The Kier molecular flexibility index (Phi) is 4.36. The molecule has 1 saturated carbocycles. The van der Waals surface area contributed by atoms with Crippen molar-refractivity contribution in [1.82, 2.24) is 0 Å². The van der Waals surface area contributed by atoms with E-state index < -0.39 is 0 Å². The van der Waals surface area contributed by atoms with Gasteiger partial charge >= 0.3 is 0 Å². The molecule has 0 amide bonds. The normalized spacial score (nSPS) is 16.1. The third-order valence-electron chi connectivity index (χ3n) is 3.15. The molecule has 3 heteroatoms. The molecule has 0 saturated heterocycles. The Hall–Kier alpha value is -0.410. The fraction of sp³-hybridized carbons (Fsp3) is 0.538. The average molecular weight is 287 g/mol. The van der Waals surface area contributed by atoms with Crippen LogP contribution in [-0.4, -0.2) is 6.61 Å². The van der Waals surface area contributed by atoms with Crippen molar-refractivity contribution in [2.24, 2.45) is 5.92 Å². The van der Waals surface area contributed by atoms with Gasteiger partial charge in [-0.15, -0.1) is 0 Å². The van der Waals surface area contributed by atoms with Gasteiger partial charge in [-0.2, -0.15) is 0 Å². The molecule has 0 aromatic heterocycles. The first-order valence-electron chi connectivity index (χ1n) is 5.77. The van der Waals surface area contributed by atoms with Gasteiger partial charge in [-0.25, -0.2) is 4.39 Å². The Morgan fingerprint density at radius 3 is 2.81 bits per heavy atom. The van der Waals surface area contributed by atoms with Crippen LogP contribution in [0, 0.1) is 11.7 Å². The fourth-order valence-corrected chi connectivity index (χ4v) is 2.28. The fourth-order valence-electron chi connectivity index (χ4n) is 1.85. The Labute approximate surface area is 104 Å². The van der Waals surface area contributed by atoms with Gasteiger partial charge in [-0.3, -0.25) is 0 Å². The molecule has 1 fully saturated rings. The standard InChI is InChI=1S/C13H16BrFO/c14-12-8-11(4-5-13(12)15)9-16-7-6-10-2-1-3-10/h4-5,8,10H,1-3,6-7,9H2. The monoisotopic (exact) mass is 286 g/mol. The van der Waals surface area contributed by atoms with E-state index in [4.69, 9.17) is 4.74 Å². The lowest BCUT2D eigenvalue weighted by Crippen LogP contribution is -2.13. The number of halogens is 2. The van der Waals surface area contributed by atoms with Gasteiger partial charge in [0.2, 0.25) is 0 Å². The van der Waals surface area contributed by atoms with E-state index in [0.29, 0.717) is 11.1 Å². The molecule has 0 aliphatic heterocycles. The highest BCUT2D eigenvalue weighted by atomic mass is 79.9. The molecule has 0 unspecified atom stereocenters. The molecule has 0 radical (unpaired) electrons. The van der Waals surface area contributed by atoms with Crippen LogP contribution in [0.2, 0.25) is 0 Å². The molecule has 2 rings (SSSR count). The van der Waals surface area contributed by atoms with Crippen LogP contribution in [-0.2, 0) is 11.3 Å². The second-order valence-corrected chi connectivity index (χ2v) is 5.24. The summed E-state index contributed by atoms with van der Waals surface area (Å²) in [5.74, 6) is 0.665. The first-order chi connectivity index (χ1) is 7.75. The van der Waals surface area contributed by atoms with Gasteiger partial charge in [-0.05, 0) is 46.0 Å². The predicted molar refractivity (Wildman–Crippen MR) is 65.7 cm³/mol. The molecule has 0 heterocycles. The summed E-state index contributed by atoms with van der Waals surface area (Å²) in [5.41, 5.74) is 1.02. The summed E-state index contributed by atoms with van der Waals surface area (Å²) < 4.78 is 19.0. The maximum Gasteiger partial charge on any atom is 0.137 e. The quantitative estimate of drug-likeness (QED) is 0.734. The van der Waals surface area contributed by atoms with E-state index in [1.165, 1.54) is 31.7 Å². The van der Waals surface area contributed by atoms with E-state index in [1.807, 2.05) is 0 Å². The van der Waals surface area contributed by atoms with Crippen LogP contribution in [0.25, 0.3) is 0 Å². The van der Waals surface area contributed by atoms with Crippen LogP contribution in [0.5, 0.6) is 0 Å². The van der Waals surface area contributed by atoms with Crippen molar-refractivity contribution in [3.63, 3.8) is 0 Å². The van der Waals surface area contributed by atoms with E-state index in [-0.39, 0.29) is 5.82 Å². The van der Waals surface area contributed by atoms with Crippen molar-refractivity contribution < 1.29 is 9.13 Å². The van der Waals surface area contributed by atoms with Crippen molar-refractivity contribution in [3.8, 4) is 0 Å². The molecule has 16 heavy (non-hydrogen) atoms. The summed E-state index contributed by atoms with van der Waals surface area (Å²) in [6, 6.07) is 5.01. The zero-order chi connectivity index (χ0) is 11.4. The molecule has 1 aliphatic rings. The summed E-state index contributed by atoms with van der Waals surface area (Å²) in [6.45, 7) is 1.39. The highest BCUT2D eigenvalue weighted by Crippen LogP contribution is 2.29. The molecule has 1 aromatic rings. The minimum absolute atomic E-state index is 0.224. The largest absolute Gasteiger partial charge is 0.377 e. The maximum atomic E-state index is 13.0. The zero-order valence-electron chi connectivity index (χ0n) is 9.22. The molecule has 88 valence electrons. The first-order valence-corrected chi connectivity index (χ1v) is 6.56. The number of hydrogen-bond donors (Lipinski definition) is 0. The summed E-state index contributed by atoms with van der Waals surface area (Å²) in [5, 5.41) is 0. The van der Waals surface area contributed by atoms with Gasteiger partial charge in [-0.1, -0.05) is 25.3 Å². The predicted octanol–water partition coefficient (Wildman–Crippen LogP) is 4.30. The minimum atomic E-state index is -0.224. The Morgan fingerprint density at radius 1 is 1.38 bits per heavy atom. The third kappa shape index (κ3) is 3.29. The molecular weight excluding hydrogens is 271 g/mol. The van der Waals surface area contributed by atoms with Crippen molar-refractivity contribution in [2.75, 3.05) is 6.61 Å². The molecule has 1 aliphatic carbocycles. The lowest BCUT2D eigenvalue weighted by molar-refractivity contribution is 0.0949. The van der Waals surface area contributed by atoms with Crippen LogP contribution < -0.4 is 0 Å². The van der Waals surface area contributed by atoms with E-state index in [9.17, 15) is 4.39 Å². The Morgan fingerprint density at radius 2 is 2.19 bits per heavy atom. The van der Waals surface area contributed by atoms with E-state index in [0.717, 1.165) is 18.1 Å². The van der Waals surface area contributed by atoms with Crippen molar-refractivity contribution >= 4 is 15.9 Å². The van der Waals surface area contributed by atoms with E-state index >= 15 is 0 Å². The molecule has 1 aromatic carbocycles. The van der Waals surface area contributed by atoms with Gasteiger partial charge in [0.1, 0.15) is 5.82 Å². The SMILES string of the molecule is Fc1ccc(COCCC2CCC2)cc1Br. The number of hydrogen-bond acceptors (Lipinski definition) is 1. The first kappa shape index (κ1) is 12.1. The highest BCUT2D eigenvalue weighted by molar-refractivity contribution is 9.10. The second kappa shape index (κ2) is 5.78. The molecule has 0 atom stereocenters. The highest BCUT2D eigenvalue weighted by Gasteiger charge is 2.16. The van der Waals surface area contributed by atoms with E-state index in [1.54, 1.807) is 12.1 Å². The van der Waals surface area contributed by atoms with Gasteiger partial charge in [0, 0.05) is 6.61 Å². The number of rotatable bonds is 5. The second-order valence-electron chi connectivity index (χ2n) is 4.39. The van der Waals surface area contributed by atoms with Gasteiger partial charge in [0.15, 0.2) is 0 Å². The Balaban J connectivity index is 1.69. The zero-order valence-corrected chi connectivity index (χ0v) is 10.8. The summed E-state index contributed by atoms with van der Waals surface area (Å²) in [7, 11) is 0. The molecule has 0 bridgehead atoms. The van der Waals surface area contributed by atoms with Gasteiger partial charge < -0.3 is 4.74 Å². The van der Waals surface area contributed by atoms with Crippen molar-refractivity contribution in [3.05, 3.63) is 34.1 Å². The van der Waals surface area contributed by atoms with Crippen LogP contribution in [0.4, 0.5) is 4.39 Å². The van der Waals surface area contributed by atoms with E-state index in [2.05, 4.69) is 15.9 Å². The molecule has 0 N–H and O–H groups in total. The van der Waals surface area contributed by atoms with Gasteiger partial charge in [0.25, 0.3) is 0 Å². The lowest BCUT2D eigenvalue weighted by atomic mass is 9.83. The number of benzene rings is 1. The van der Waals surface area contributed by atoms with Crippen molar-refractivity contribution in [2.45, 2.75) is 32.3 Å². The summed E-state index contributed by atoms with van der Waals surface area (Å²) >= 11 is 3.17. The average Bonchev–Trinajstić information content (AvgIpc) is 2.20. The van der Waals surface area contributed by atoms with Gasteiger partial charge in [0.05, 0.1) is 11.1 Å². The van der Waals surface area contributed by atoms with Crippen molar-refractivity contribution in [1.29, 1.82) is 0 Å². The van der Waals surface area contributed by atoms with Crippen LogP contribution in [0.15, 0.2) is 22.7 Å². The summed E-state index contributed by atoms with van der Waals surface area (Å²) in [4.78, 5) is 0. The summed E-state index contributed by atoms with van der Waals surface area (Å²) in [6.07, 6.45) is 5.29. The third-order valence-corrected chi connectivity index (χ3v) is 3.76. The lowest BCUT2D eigenvalue weighted by Gasteiger charge is -2.24. The minimum Gasteiger partial charge on any atom is -0.377 e. The number of ether oxygens (including phenoxy) is 1. The topological polar surface area (TPSA) is 9.23 Å². The van der Waals surface area contributed by atoms with Crippen LogP contribution in [0.1, 0.15) is 31.2 Å². The molecule has 1 nitrogen and oxygen atoms in total. The molecule has 0 spiro atoms. The smallest absolute Gasteiger partial charge is 0.137 e. The molecular formula is C13H16BrFO.